The Kier molecular flexibility index (Phi) is 6.70. The Labute approximate surface area is 174 Å². The zero-order chi connectivity index (χ0) is 21.5. The van der Waals surface area contributed by atoms with Crippen molar-refractivity contribution in [3.8, 4) is 11.1 Å². The van der Waals surface area contributed by atoms with Crippen LogP contribution in [0.15, 0.2) is 78.9 Å². The van der Waals surface area contributed by atoms with E-state index in [2.05, 4.69) is 0 Å². The normalized spacial score (nSPS) is 11.6. The zero-order valence-corrected chi connectivity index (χ0v) is 16.2. The van der Waals surface area contributed by atoms with Crippen LogP contribution in [0.2, 0.25) is 0 Å². The van der Waals surface area contributed by atoms with E-state index in [1.165, 1.54) is 12.1 Å². The molecule has 0 aromatic heterocycles. The predicted octanol–water partition coefficient (Wildman–Crippen LogP) is 5.17. The zero-order valence-electron chi connectivity index (χ0n) is 16.2. The molecule has 30 heavy (non-hydrogen) atoms. The van der Waals surface area contributed by atoms with Crippen LogP contribution in [-0.4, -0.2) is 21.8 Å². The quantitative estimate of drug-likeness (QED) is 0.302. The van der Waals surface area contributed by atoms with E-state index in [9.17, 15) is 24.8 Å². The van der Waals surface area contributed by atoms with Crippen molar-refractivity contribution in [1.82, 2.24) is 0 Å². The molecule has 152 valence electrons. The lowest BCUT2D eigenvalue weighted by atomic mass is 9.92. The van der Waals surface area contributed by atoms with Crippen molar-refractivity contribution in [1.29, 1.82) is 0 Å². The van der Waals surface area contributed by atoms with Crippen LogP contribution in [0.4, 0.5) is 5.69 Å². The van der Waals surface area contributed by atoms with Crippen molar-refractivity contribution in [3.05, 3.63) is 100 Å². The summed E-state index contributed by atoms with van der Waals surface area (Å²) in [7, 11) is 0. The fourth-order valence-electron chi connectivity index (χ4n) is 3.26. The predicted molar refractivity (Wildman–Crippen MR) is 113 cm³/mol. The third-order valence-electron chi connectivity index (χ3n) is 5.02. The molecule has 0 heterocycles. The molecule has 0 aliphatic rings. The number of carbonyl (C=O) groups excluding carboxylic acids is 1. The molecular formula is C24H21NO5. The molecule has 1 N–H and O–H groups in total. The van der Waals surface area contributed by atoms with Gasteiger partial charge in [-0.25, -0.2) is 0 Å². The number of benzene rings is 3. The minimum Gasteiger partial charge on any atom is -0.481 e. The second kappa shape index (κ2) is 9.60. The molecule has 0 saturated carbocycles. The Morgan fingerprint density at radius 1 is 0.867 bits per heavy atom. The fraction of sp³-hybridized carbons (Fsp3) is 0.167. The number of nitro groups is 1. The Morgan fingerprint density at radius 3 is 1.97 bits per heavy atom. The largest absolute Gasteiger partial charge is 0.481 e. The van der Waals surface area contributed by atoms with Gasteiger partial charge in [0.1, 0.15) is 0 Å². The summed E-state index contributed by atoms with van der Waals surface area (Å²) in [5.41, 5.74) is 3.13. The number of hydrogen-bond acceptors (Lipinski definition) is 4. The monoisotopic (exact) mass is 403 g/mol. The van der Waals surface area contributed by atoms with E-state index in [0.29, 0.717) is 18.4 Å². The van der Waals surface area contributed by atoms with Gasteiger partial charge in [0.05, 0.1) is 10.8 Å². The second-order valence-electron chi connectivity index (χ2n) is 7.07. The van der Waals surface area contributed by atoms with E-state index in [-0.39, 0.29) is 17.9 Å². The first kappa shape index (κ1) is 20.9. The molecule has 6 heteroatoms. The van der Waals surface area contributed by atoms with Gasteiger partial charge < -0.3 is 5.11 Å². The maximum absolute atomic E-state index is 12.6. The Balaban J connectivity index is 1.65. The minimum atomic E-state index is -0.971. The summed E-state index contributed by atoms with van der Waals surface area (Å²) in [6.45, 7) is 0. The Morgan fingerprint density at radius 2 is 1.43 bits per heavy atom. The number of hydrogen-bond donors (Lipinski definition) is 1. The van der Waals surface area contributed by atoms with Crippen LogP contribution >= 0.6 is 0 Å². The summed E-state index contributed by atoms with van der Waals surface area (Å²) < 4.78 is 0. The van der Waals surface area contributed by atoms with Gasteiger partial charge in [-0.05, 0) is 41.7 Å². The highest BCUT2D eigenvalue weighted by Gasteiger charge is 2.22. The standard InChI is InChI=1S/C24H21NO5/c26-23(16-21(24(27)28)7-6-17-4-2-1-3-5-17)20-10-8-18(9-11-20)19-12-14-22(15-13-19)25(29)30/h1-5,8-15,21H,6-7,16H2,(H,27,28)/t21-/m0/s1. The van der Waals surface area contributed by atoms with Gasteiger partial charge in [-0.2, -0.15) is 0 Å². The third-order valence-corrected chi connectivity index (χ3v) is 5.02. The molecule has 0 spiro atoms. The molecule has 0 fully saturated rings. The minimum absolute atomic E-state index is 0.0146. The second-order valence-corrected chi connectivity index (χ2v) is 7.07. The summed E-state index contributed by atoms with van der Waals surface area (Å²) in [5, 5.41) is 20.3. The number of nitro benzene ring substituents is 1. The maximum atomic E-state index is 12.6. The van der Waals surface area contributed by atoms with E-state index >= 15 is 0 Å². The number of carbonyl (C=O) groups is 2. The molecule has 0 unspecified atom stereocenters. The first-order chi connectivity index (χ1) is 14.4. The number of non-ortho nitro benzene ring substituents is 1. The molecule has 0 aliphatic carbocycles. The van der Waals surface area contributed by atoms with Gasteiger partial charge in [0.15, 0.2) is 5.78 Å². The molecule has 3 rings (SSSR count). The molecule has 3 aromatic rings. The first-order valence-corrected chi connectivity index (χ1v) is 9.59. The van der Waals surface area contributed by atoms with Crippen LogP contribution in [0.1, 0.15) is 28.8 Å². The molecular weight excluding hydrogens is 382 g/mol. The molecule has 1 atom stereocenters. The Bertz CT molecular complexity index is 1030. The number of ketones is 1. The smallest absolute Gasteiger partial charge is 0.306 e. The van der Waals surface area contributed by atoms with Gasteiger partial charge in [-0.15, -0.1) is 0 Å². The summed E-state index contributed by atoms with van der Waals surface area (Å²) in [6, 6.07) is 22.6. The topological polar surface area (TPSA) is 97.5 Å². The number of aliphatic carboxylic acids is 1. The lowest BCUT2D eigenvalue weighted by Crippen LogP contribution is -2.19. The van der Waals surface area contributed by atoms with E-state index in [1.807, 2.05) is 30.3 Å². The number of Topliss-reactive ketones (excluding diaryl/α,β-unsaturated/α-hetero) is 1. The highest BCUT2D eigenvalue weighted by molar-refractivity contribution is 5.98. The SMILES string of the molecule is O=C(C[C@H](CCc1ccccc1)C(=O)O)c1ccc(-c2ccc([N+](=O)[O-])cc2)cc1. The summed E-state index contributed by atoms with van der Waals surface area (Å²) in [5.74, 6) is -1.93. The lowest BCUT2D eigenvalue weighted by Gasteiger charge is -2.12. The van der Waals surface area contributed by atoms with E-state index in [0.717, 1.165) is 16.7 Å². The summed E-state index contributed by atoms with van der Waals surface area (Å²) in [4.78, 5) is 34.5. The van der Waals surface area contributed by atoms with Crippen LogP contribution in [0, 0.1) is 16.0 Å². The average Bonchev–Trinajstić information content (AvgIpc) is 2.77. The van der Waals surface area contributed by atoms with E-state index in [4.69, 9.17) is 0 Å². The molecule has 0 saturated heterocycles. The van der Waals surface area contributed by atoms with Gasteiger partial charge in [-0.3, -0.25) is 19.7 Å². The van der Waals surface area contributed by atoms with Crippen molar-refractivity contribution in [2.24, 2.45) is 5.92 Å². The van der Waals surface area contributed by atoms with Crippen LogP contribution < -0.4 is 0 Å². The molecule has 0 bridgehead atoms. The number of aryl methyl sites for hydroxylation is 1. The molecule has 0 radical (unpaired) electrons. The molecule has 0 aliphatic heterocycles. The van der Waals surface area contributed by atoms with Crippen molar-refractivity contribution < 1.29 is 19.6 Å². The van der Waals surface area contributed by atoms with Crippen molar-refractivity contribution in [3.63, 3.8) is 0 Å². The van der Waals surface area contributed by atoms with Crippen LogP contribution in [-0.2, 0) is 11.2 Å². The third kappa shape index (κ3) is 5.38. The van der Waals surface area contributed by atoms with Crippen LogP contribution in [0.25, 0.3) is 11.1 Å². The number of nitrogens with zero attached hydrogens (tertiary/aromatic N) is 1. The molecule has 6 nitrogen and oxygen atoms in total. The van der Waals surface area contributed by atoms with Crippen molar-refractivity contribution >= 4 is 17.4 Å². The van der Waals surface area contributed by atoms with Gasteiger partial charge >= 0.3 is 5.97 Å². The van der Waals surface area contributed by atoms with Crippen molar-refractivity contribution in [2.45, 2.75) is 19.3 Å². The summed E-state index contributed by atoms with van der Waals surface area (Å²) >= 11 is 0. The molecule has 0 amide bonds. The highest BCUT2D eigenvalue weighted by Crippen LogP contribution is 2.24. The van der Waals surface area contributed by atoms with E-state index in [1.54, 1.807) is 36.4 Å². The number of rotatable bonds is 9. The van der Waals surface area contributed by atoms with Crippen LogP contribution in [0.5, 0.6) is 0 Å². The maximum Gasteiger partial charge on any atom is 0.306 e. The summed E-state index contributed by atoms with van der Waals surface area (Å²) in [6.07, 6.45) is 0.940. The average molecular weight is 403 g/mol. The Hall–Kier alpha value is -3.80. The fourth-order valence-corrected chi connectivity index (χ4v) is 3.26. The number of carboxylic acids is 1. The lowest BCUT2D eigenvalue weighted by molar-refractivity contribution is -0.384. The van der Waals surface area contributed by atoms with Gasteiger partial charge in [0.25, 0.3) is 5.69 Å². The van der Waals surface area contributed by atoms with Crippen molar-refractivity contribution in [2.75, 3.05) is 0 Å². The number of carboxylic acid groups (broad SMARTS) is 1. The highest BCUT2D eigenvalue weighted by atomic mass is 16.6. The van der Waals surface area contributed by atoms with Crippen LogP contribution in [0.3, 0.4) is 0 Å². The van der Waals surface area contributed by atoms with Gasteiger partial charge in [0.2, 0.25) is 0 Å². The van der Waals surface area contributed by atoms with E-state index < -0.39 is 16.8 Å². The van der Waals surface area contributed by atoms with Gasteiger partial charge in [-0.1, -0.05) is 54.6 Å². The van der Waals surface area contributed by atoms with Gasteiger partial charge in [0, 0.05) is 24.1 Å². The first-order valence-electron chi connectivity index (χ1n) is 9.59. The molecule has 3 aromatic carbocycles.